The number of thiazole rings is 1. The van der Waals surface area contributed by atoms with Crippen LogP contribution in [0.3, 0.4) is 0 Å². The first-order valence-corrected chi connectivity index (χ1v) is 14.8. The number of piperidine rings is 1. The van der Waals surface area contributed by atoms with E-state index in [9.17, 15) is 13.2 Å². The molecule has 1 aliphatic heterocycles. The molecule has 4 rings (SSSR count). The van der Waals surface area contributed by atoms with Crippen LogP contribution in [-0.4, -0.2) is 68.8 Å². The minimum absolute atomic E-state index is 0.0571. The van der Waals surface area contributed by atoms with E-state index in [1.54, 1.807) is 28.8 Å². The largest absolute Gasteiger partial charge is 0.309 e. The van der Waals surface area contributed by atoms with E-state index in [2.05, 4.69) is 24.0 Å². The first kappa shape index (κ1) is 25.2. The van der Waals surface area contributed by atoms with Gasteiger partial charge in [-0.05, 0) is 75.5 Å². The van der Waals surface area contributed by atoms with Crippen molar-refractivity contribution in [1.82, 2.24) is 14.2 Å². The van der Waals surface area contributed by atoms with Gasteiger partial charge in [0.25, 0.3) is 10.0 Å². The van der Waals surface area contributed by atoms with Crippen LogP contribution >= 0.6 is 22.7 Å². The van der Waals surface area contributed by atoms with Crippen molar-refractivity contribution >= 4 is 54.0 Å². The summed E-state index contributed by atoms with van der Waals surface area (Å²) >= 11 is 2.80. The van der Waals surface area contributed by atoms with Crippen molar-refractivity contribution in [3.8, 4) is 0 Å². The van der Waals surface area contributed by atoms with E-state index >= 15 is 0 Å². The van der Waals surface area contributed by atoms with Crippen molar-refractivity contribution < 1.29 is 13.2 Å². The van der Waals surface area contributed by atoms with Crippen LogP contribution in [0.15, 0.2) is 39.9 Å². The first-order chi connectivity index (χ1) is 16.3. The summed E-state index contributed by atoms with van der Waals surface area (Å²) in [7, 11) is 0.579. The molecular weight excluding hydrogens is 488 g/mol. The molecule has 0 bridgehead atoms. The van der Waals surface area contributed by atoms with Gasteiger partial charge in [0.2, 0.25) is 5.91 Å². The molecule has 10 heteroatoms. The number of hydrogen-bond acceptors (Lipinski definition) is 7. The van der Waals surface area contributed by atoms with Gasteiger partial charge >= 0.3 is 0 Å². The second-order valence-corrected chi connectivity index (χ2v) is 13.0. The van der Waals surface area contributed by atoms with Crippen LogP contribution < -0.4 is 4.90 Å². The molecule has 0 atom stereocenters. The molecule has 3 aromatic rings. The molecule has 1 amide bonds. The van der Waals surface area contributed by atoms with Gasteiger partial charge in [0, 0.05) is 25.6 Å². The monoisotopic (exact) mass is 520 g/mol. The van der Waals surface area contributed by atoms with Crippen molar-refractivity contribution in [1.29, 1.82) is 0 Å². The minimum atomic E-state index is -3.48. The Kier molecular flexibility index (Phi) is 8.04. The Balaban J connectivity index is 1.51. The molecule has 1 aliphatic rings. The molecule has 184 valence electrons. The van der Waals surface area contributed by atoms with Crippen molar-refractivity contribution in [2.75, 3.05) is 45.2 Å². The van der Waals surface area contributed by atoms with Crippen LogP contribution in [0.5, 0.6) is 0 Å². The number of carbonyl (C=O) groups excluding carboxylic acids is 1. The third-order valence-electron chi connectivity index (χ3n) is 6.23. The quantitative estimate of drug-likeness (QED) is 0.420. The van der Waals surface area contributed by atoms with Crippen molar-refractivity contribution in [2.24, 2.45) is 5.92 Å². The van der Waals surface area contributed by atoms with Crippen LogP contribution in [0.2, 0.25) is 0 Å². The molecule has 7 nitrogen and oxygen atoms in total. The number of hydrogen-bond donors (Lipinski definition) is 0. The predicted molar refractivity (Wildman–Crippen MR) is 140 cm³/mol. The summed E-state index contributed by atoms with van der Waals surface area (Å²) in [6.07, 6.45) is 2.86. The molecule has 1 aromatic carbocycles. The Morgan fingerprint density at radius 2 is 1.94 bits per heavy atom. The highest BCUT2D eigenvalue weighted by Crippen LogP contribution is 2.33. The molecule has 0 unspecified atom stereocenters. The number of aryl methyl sites for hydroxylation is 1. The average Bonchev–Trinajstić information content (AvgIpc) is 3.51. The second kappa shape index (κ2) is 10.8. The Hall–Kier alpha value is -1.85. The average molecular weight is 521 g/mol. The maximum atomic E-state index is 13.7. The van der Waals surface area contributed by atoms with E-state index < -0.39 is 10.0 Å². The summed E-state index contributed by atoms with van der Waals surface area (Å²) in [6, 6.07) is 9.67. The van der Waals surface area contributed by atoms with Crippen molar-refractivity contribution in [3.63, 3.8) is 0 Å². The summed E-state index contributed by atoms with van der Waals surface area (Å²) in [6.45, 7) is 4.34. The molecule has 0 aliphatic carbocycles. The standard InChI is InChI=1S/C24H32N4O3S3/c1-4-18-8-9-20-21(17-18)33-24(25-20)28(13-6-12-26(2)3)23(29)19-10-14-27(15-11-19)34(30,31)22-7-5-16-32-22/h5,7-9,16-17,19H,4,6,10-15H2,1-3H3. The van der Waals surface area contributed by atoms with Gasteiger partial charge in [-0.3, -0.25) is 9.69 Å². The van der Waals surface area contributed by atoms with Crippen molar-refractivity contribution in [3.05, 3.63) is 41.3 Å². The number of amides is 1. The number of rotatable bonds is 9. The molecule has 0 saturated carbocycles. The Morgan fingerprint density at radius 1 is 1.18 bits per heavy atom. The molecule has 3 heterocycles. The highest BCUT2D eigenvalue weighted by Gasteiger charge is 2.35. The van der Waals surface area contributed by atoms with Gasteiger partial charge < -0.3 is 4.90 Å². The lowest BCUT2D eigenvalue weighted by atomic mass is 9.96. The second-order valence-electron chi connectivity index (χ2n) is 8.91. The maximum Gasteiger partial charge on any atom is 0.252 e. The number of anilines is 1. The Bertz CT molecular complexity index is 1210. The molecule has 0 radical (unpaired) electrons. The fourth-order valence-corrected chi connectivity index (χ4v) is 7.91. The van der Waals surface area contributed by atoms with Gasteiger partial charge in [-0.2, -0.15) is 4.31 Å². The van der Waals surface area contributed by atoms with E-state index in [0.29, 0.717) is 36.7 Å². The van der Waals surface area contributed by atoms with Crippen LogP contribution in [0.4, 0.5) is 5.13 Å². The first-order valence-electron chi connectivity index (χ1n) is 11.7. The number of thiophene rings is 1. The van der Waals surface area contributed by atoms with E-state index in [4.69, 9.17) is 4.98 Å². The third-order valence-corrected chi connectivity index (χ3v) is 10.5. The topological polar surface area (TPSA) is 73.8 Å². The number of sulfonamides is 1. The van der Waals surface area contributed by atoms with Gasteiger partial charge in [0.15, 0.2) is 5.13 Å². The minimum Gasteiger partial charge on any atom is -0.309 e. The van der Waals surface area contributed by atoms with Gasteiger partial charge in [-0.15, -0.1) is 11.3 Å². The van der Waals surface area contributed by atoms with Gasteiger partial charge in [0.1, 0.15) is 4.21 Å². The number of nitrogens with zero attached hydrogens (tertiary/aromatic N) is 4. The Labute approximate surface area is 210 Å². The zero-order chi connectivity index (χ0) is 24.3. The number of benzene rings is 1. The van der Waals surface area contributed by atoms with Crippen molar-refractivity contribution in [2.45, 2.75) is 36.8 Å². The molecular formula is C24H32N4O3S3. The lowest BCUT2D eigenvalue weighted by Gasteiger charge is -2.32. The summed E-state index contributed by atoms with van der Waals surface area (Å²) in [5.41, 5.74) is 2.17. The van der Waals surface area contributed by atoms with E-state index in [-0.39, 0.29) is 11.8 Å². The summed E-state index contributed by atoms with van der Waals surface area (Å²) in [5.74, 6) is -0.144. The third kappa shape index (κ3) is 5.52. The SMILES string of the molecule is CCc1ccc2nc(N(CCCN(C)C)C(=O)C3CCN(S(=O)(=O)c4cccs4)CC3)sc2c1. The van der Waals surface area contributed by atoms with Crippen LogP contribution in [0.25, 0.3) is 10.2 Å². The highest BCUT2D eigenvalue weighted by atomic mass is 32.2. The zero-order valence-electron chi connectivity index (χ0n) is 19.9. The molecule has 34 heavy (non-hydrogen) atoms. The fourth-order valence-electron chi connectivity index (χ4n) is 4.24. The number of fused-ring (bicyclic) bond motifs is 1. The number of aromatic nitrogens is 1. The zero-order valence-corrected chi connectivity index (χ0v) is 22.4. The lowest BCUT2D eigenvalue weighted by molar-refractivity contribution is -0.123. The smallest absolute Gasteiger partial charge is 0.252 e. The molecule has 0 spiro atoms. The van der Waals surface area contributed by atoms with Gasteiger partial charge in [-0.25, -0.2) is 13.4 Å². The van der Waals surface area contributed by atoms with E-state index in [1.165, 1.54) is 21.2 Å². The number of carbonyl (C=O) groups is 1. The maximum absolute atomic E-state index is 13.7. The van der Waals surface area contributed by atoms with Gasteiger partial charge in [0.05, 0.1) is 10.2 Å². The molecule has 1 saturated heterocycles. The van der Waals surface area contributed by atoms with Crippen LogP contribution in [0.1, 0.15) is 31.7 Å². The lowest BCUT2D eigenvalue weighted by Crippen LogP contribution is -2.45. The summed E-state index contributed by atoms with van der Waals surface area (Å²) < 4.78 is 28.7. The summed E-state index contributed by atoms with van der Waals surface area (Å²) in [5, 5.41) is 2.51. The fraction of sp³-hybridized carbons (Fsp3) is 0.500. The van der Waals surface area contributed by atoms with Crippen LogP contribution in [-0.2, 0) is 21.2 Å². The molecule has 1 fully saturated rings. The molecule has 0 N–H and O–H groups in total. The predicted octanol–water partition coefficient (Wildman–Crippen LogP) is 4.31. The van der Waals surface area contributed by atoms with Crippen LogP contribution in [0, 0.1) is 5.92 Å². The Morgan fingerprint density at radius 3 is 2.59 bits per heavy atom. The normalized spacial score (nSPS) is 15.9. The van der Waals surface area contributed by atoms with E-state index in [0.717, 1.165) is 34.7 Å². The highest BCUT2D eigenvalue weighted by molar-refractivity contribution is 7.91. The summed E-state index contributed by atoms with van der Waals surface area (Å²) in [4.78, 5) is 22.4. The van der Waals surface area contributed by atoms with E-state index in [1.807, 2.05) is 25.1 Å². The molecule has 2 aromatic heterocycles. The van der Waals surface area contributed by atoms with Gasteiger partial charge in [-0.1, -0.05) is 30.4 Å².